The molecule has 0 bridgehead atoms. The molecule has 0 saturated heterocycles. The Morgan fingerprint density at radius 3 is 2.90 bits per heavy atom. The monoisotopic (exact) mass is 326 g/mol. The van der Waals surface area contributed by atoms with Gasteiger partial charge in [-0.05, 0) is 18.6 Å². The Labute approximate surface area is 129 Å². The summed E-state index contributed by atoms with van der Waals surface area (Å²) in [6, 6.07) is 5.86. The molecule has 1 unspecified atom stereocenters. The quantitative estimate of drug-likeness (QED) is 0.499. The summed E-state index contributed by atoms with van der Waals surface area (Å²) in [7, 11) is 1.49. The average Bonchev–Trinajstić information content (AvgIpc) is 2.81. The number of nitrogens with one attached hydrogen (secondary N) is 1. The SMILES string of the molecule is CNC(=O)CC(OC(=O)O)Sc1nc2c(C)cccc2s1. The largest absolute Gasteiger partial charge is 0.506 e. The third-order valence-electron chi connectivity index (χ3n) is 2.70. The molecule has 0 saturated carbocycles. The minimum Gasteiger partial charge on any atom is -0.450 e. The van der Waals surface area contributed by atoms with Gasteiger partial charge in [0.1, 0.15) is 0 Å². The van der Waals surface area contributed by atoms with Crippen molar-refractivity contribution >= 4 is 45.4 Å². The van der Waals surface area contributed by atoms with E-state index in [4.69, 9.17) is 9.84 Å². The van der Waals surface area contributed by atoms with Gasteiger partial charge in [-0.15, -0.1) is 11.3 Å². The fourth-order valence-corrected chi connectivity index (χ4v) is 3.99. The molecule has 0 aliphatic carbocycles. The van der Waals surface area contributed by atoms with Crippen LogP contribution in [0.15, 0.2) is 22.5 Å². The minimum absolute atomic E-state index is 0.0532. The summed E-state index contributed by atoms with van der Waals surface area (Å²) in [5.74, 6) is -0.286. The Morgan fingerprint density at radius 2 is 2.29 bits per heavy atom. The highest BCUT2D eigenvalue weighted by molar-refractivity contribution is 8.01. The van der Waals surface area contributed by atoms with Crippen LogP contribution in [0.4, 0.5) is 4.79 Å². The lowest BCUT2D eigenvalue weighted by Crippen LogP contribution is -2.25. The summed E-state index contributed by atoms with van der Waals surface area (Å²) in [6.45, 7) is 1.96. The highest BCUT2D eigenvalue weighted by atomic mass is 32.2. The van der Waals surface area contributed by atoms with Crippen molar-refractivity contribution < 1.29 is 19.4 Å². The number of hydrogen-bond acceptors (Lipinski definition) is 6. The zero-order valence-corrected chi connectivity index (χ0v) is 13.1. The molecule has 0 spiro atoms. The van der Waals surface area contributed by atoms with E-state index >= 15 is 0 Å². The standard InChI is InChI=1S/C13H14N2O4S2/c1-7-4-3-5-8-11(7)15-12(20-8)21-10(19-13(17)18)6-9(16)14-2/h3-5,10H,6H2,1-2H3,(H,14,16)(H,17,18). The van der Waals surface area contributed by atoms with Gasteiger partial charge < -0.3 is 15.2 Å². The van der Waals surface area contributed by atoms with Gasteiger partial charge in [-0.25, -0.2) is 9.78 Å². The number of carbonyl (C=O) groups is 2. The van der Waals surface area contributed by atoms with Crippen LogP contribution in [-0.2, 0) is 9.53 Å². The van der Waals surface area contributed by atoms with Gasteiger partial charge in [0.25, 0.3) is 0 Å². The third kappa shape index (κ3) is 4.08. The molecule has 0 fully saturated rings. The van der Waals surface area contributed by atoms with Crippen molar-refractivity contribution in [3.05, 3.63) is 23.8 Å². The molecule has 21 heavy (non-hydrogen) atoms. The highest BCUT2D eigenvalue weighted by Crippen LogP contribution is 2.34. The van der Waals surface area contributed by atoms with Crippen LogP contribution in [0.2, 0.25) is 0 Å². The van der Waals surface area contributed by atoms with Crippen LogP contribution in [-0.4, -0.2) is 34.6 Å². The number of aromatic nitrogens is 1. The minimum atomic E-state index is -1.41. The van der Waals surface area contributed by atoms with Crippen molar-refractivity contribution in [3.8, 4) is 0 Å². The number of amides is 1. The Balaban J connectivity index is 2.19. The smallest absolute Gasteiger partial charge is 0.450 e. The Kier molecular flexibility index (Phi) is 5.03. The lowest BCUT2D eigenvalue weighted by Gasteiger charge is -2.12. The van der Waals surface area contributed by atoms with Crippen LogP contribution in [0, 0.1) is 6.92 Å². The van der Waals surface area contributed by atoms with Gasteiger partial charge in [0, 0.05) is 7.05 Å². The molecule has 1 heterocycles. The molecule has 2 N–H and O–H groups in total. The predicted octanol–water partition coefficient (Wildman–Crippen LogP) is 2.85. The number of carboxylic acid groups (broad SMARTS) is 1. The van der Waals surface area contributed by atoms with E-state index in [-0.39, 0.29) is 12.3 Å². The van der Waals surface area contributed by atoms with Crippen LogP contribution in [0.3, 0.4) is 0 Å². The predicted molar refractivity (Wildman–Crippen MR) is 81.8 cm³/mol. The maximum absolute atomic E-state index is 11.4. The number of ether oxygens (including phenoxy) is 1. The number of rotatable bonds is 5. The molecule has 2 aromatic rings. The summed E-state index contributed by atoms with van der Waals surface area (Å²) in [6.07, 6.45) is -1.46. The first-order valence-electron chi connectivity index (χ1n) is 6.12. The van der Waals surface area contributed by atoms with Crippen LogP contribution in [0.25, 0.3) is 10.2 Å². The Bertz CT molecular complexity index is 671. The topological polar surface area (TPSA) is 88.5 Å². The maximum atomic E-state index is 11.4. The fraction of sp³-hybridized carbons (Fsp3) is 0.308. The van der Waals surface area contributed by atoms with Gasteiger partial charge in [-0.2, -0.15) is 0 Å². The van der Waals surface area contributed by atoms with Gasteiger partial charge in [0.15, 0.2) is 9.78 Å². The molecule has 112 valence electrons. The molecular weight excluding hydrogens is 312 g/mol. The molecule has 2 rings (SSSR count). The van der Waals surface area contributed by atoms with Gasteiger partial charge in [-0.3, -0.25) is 4.79 Å². The first-order valence-corrected chi connectivity index (χ1v) is 7.82. The van der Waals surface area contributed by atoms with Crippen LogP contribution < -0.4 is 5.32 Å². The number of aryl methyl sites for hydroxylation is 1. The lowest BCUT2D eigenvalue weighted by molar-refractivity contribution is -0.121. The van der Waals surface area contributed by atoms with E-state index in [9.17, 15) is 9.59 Å². The zero-order valence-electron chi connectivity index (χ0n) is 11.5. The van der Waals surface area contributed by atoms with Gasteiger partial charge in [0.05, 0.1) is 16.6 Å². The van der Waals surface area contributed by atoms with E-state index in [0.29, 0.717) is 4.34 Å². The molecule has 8 heteroatoms. The molecule has 1 aromatic carbocycles. The summed E-state index contributed by atoms with van der Waals surface area (Å²) >= 11 is 2.59. The maximum Gasteiger partial charge on any atom is 0.506 e. The lowest BCUT2D eigenvalue weighted by atomic mass is 10.2. The van der Waals surface area contributed by atoms with Crippen molar-refractivity contribution in [2.45, 2.75) is 23.1 Å². The van der Waals surface area contributed by atoms with Gasteiger partial charge in [0.2, 0.25) is 5.91 Å². The molecule has 6 nitrogen and oxygen atoms in total. The first-order chi connectivity index (χ1) is 9.99. The molecule has 0 radical (unpaired) electrons. The molecular formula is C13H14N2O4S2. The van der Waals surface area contributed by atoms with Crippen molar-refractivity contribution in [2.24, 2.45) is 0 Å². The molecule has 0 aliphatic heterocycles. The highest BCUT2D eigenvalue weighted by Gasteiger charge is 2.21. The van der Waals surface area contributed by atoms with Crippen molar-refractivity contribution in [1.29, 1.82) is 0 Å². The number of nitrogens with zero attached hydrogens (tertiary/aromatic N) is 1. The van der Waals surface area contributed by atoms with Crippen molar-refractivity contribution in [1.82, 2.24) is 10.3 Å². The third-order valence-corrected chi connectivity index (χ3v) is 4.87. The zero-order chi connectivity index (χ0) is 15.4. The summed E-state index contributed by atoms with van der Waals surface area (Å²) < 4.78 is 6.43. The number of fused-ring (bicyclic) bond motifs is 1. The van der Waals surface area contributed by atoms with Crippen LogP contribution in [0.1, 0.15) is 12.0 Å². The second-order valence-corrected chi connectivity index (χ2v) is 6.65. The first kappa shape index (κ1) is 15.6. The molecule has 1 amide bonds. The van der Waals surface area contributed by atoms with Crippen LogP contribution >= 0.6 is 23.1 Å². The second kappa shape index (κ2) is 6.77. The number of hydrogen-bond donors (Lipinski definition) is 2. The Morgan fingerprint density at radius 1 is 1.52 bits per heavy atom. The van der Waals surface area contributed by atoms with Crippen molar-refractivity contribution in [2.75, 3.05) is 7.05 Å². The normalized spacial score (nSPS) is 12.1. The van der Waals surface area contributed by atoms with E-state index in [1.807, 2.05) is 25.1 Å². The molecule has 0 aliphatic rings. The van der Waals surface area contributed by atoms with Crippen molar-refractivity contribution in [3.63, 3.8) is 0 Å². The van der Waals surface area contributed by atoms with Crippen LogP contribution in [0.5, 0.6) is 0 Å². The molecule has 1 atom stereocenters. The second-order valence-electron chi connectivity index (χ2n) is 4.21. The number of thioether (sulfide) groups is 1. The number of carbonyl (C=O) groups excluding carboxylic acids is 1. The number of para-hydroxylation sites is 1. The summed E-state index contributed by atoms with van der Waals surface area (Å²) in [5.41, 5.74) is 1.12. The number of thiazole rings is 1. The average molecular weight is 326 g/mol. The Hall–Kier alpha value is -1.80. The molecule has 1 aromatic heterocycles. The summed E-state index contributed by atoms with van der Waals surface area (Å²) in [4.78, 5) is 26.6. The van der Waals surface area contributed by atoms with E-state index < -0.39 is 11.6 Å². The van der Waals surface area contributed by atoms with E-state index in [0.717, 1.165) is 27.5 Å². The summed E-state index contributed by atoms with van der Waals surface area (Å²) in [5, 5.41) is 11.2. The van der Waals surface area contributed by atoms with Gasteiger partial charge >= 0.3 is 6.16 Å². The van der Waals surface area contributed by atoms with E-state index in [1.165, 1.54) is 18.4 Å². The number of benzene rings is 1. The van der Waals surface area contributed by atoms with E-state index in [1.54, 1.807) is 0 Å². The van der Waals surface area contributed by atoms with Gasteiger partial charge in [-0.1, -0.05) is 23.9 Å². The van der Waals surface area contributed by atoms with E-state index in [2.05, 4.69) is 10.3 Å². The fourth-order valence-electron chi connectivity index (χ4n) is 1.70.